The summed E-state index contributed by atoms with van der Waals surface area (Å²) in [4.78, 5) is 4.91. The van der Waals surface area contributed by atoms with Crippen molar-refractivity contribution >= 4 is 44.4 Å². The summed E-state index contributed by atoms with van der Waals surface area (Å²) in [5.41, 5.74) is 3.77. The van der Waals surface area contributed by atoms with Crippen LogP contribution in [0.2, 0.25) is 0 Å². The Morgan fingerprint density at radius 1 is 0.742 bits per heavy atom. The quantitative estimate of drug-likeness (QED) is 0.374. The van der Waals surface area contributed by atoms with E-state index in [-0.39, 0.29) is 6.10 Å². The smallest absolute Gasteiger partial charge is 0.0845 e. The van der Waals surface area contributed by atoms with Gasteiger partial charge in [-0.05, 0) is 52.4 Å². The molecule has 31 heavy (non-hydrogen) atoms. The second kappa shape index (κ2) is 9.28. The lowest BCUT2D eigenvalue weighted by molar-refractivity contribution is 0.0634. The van der Waals surface area contributed by atoms with Crippen LogP contribution in [-0.4, -0.2) is 58.3 Å². The summed E-state index contributed by atoms with van der Waals surface area (Å²) in [6.45, 7) is 6.47. The number of aliphatic hydroxyl groups is 1. The topological polar surface area (TPSA) is 31.6 Å². The molecule has 0 spiro atoms. The van der Waals surface area contributed by atoms with Crippen LogP contribution in [0.4, 0.5) is 0 Å². The highest BCUT2D eigenvalue weighted by Gasteiger charge is 2.20. The minimum atomic E-state index is -0.390. The molecule has 4 aromatic rings. The summed E-state index contributed by atoms with van der Waals surface area (Å²) in [5, 5.41) is 13.5. The molecule has 1 fully saturated rings. The highest BCUT2D eigenvalue weighted by atomic mass is 127. The number of nitrogens with zero attached hydrogens (tertiary/aromatic N) is 3. The zero-order chi connectivity index (χ0) is 21.2. The summed E-state index contributed by atoms with van der Waals surface area (Å²) in [6, 6.07) is 25.8. The monoisotopic (exact) mass is 525 g/mol. The minimum absolute atomic E-state index is 0.390. The van der Waals surface area contributed by atoms with Crippen molar-refractivity contribution < 1.29 is 5.11 Å². The average Bonchev–Trinajstić information content (AvgIpc) is 3.09. The Morgan fingerprint density at radius 2 is 1.42 bits per heavy atom. The number of fused-ring (bicyclic) bond motifs is 3. The molecule has 2 heterocycles. The van der Waals surface area contributed by atoms with Crippen LogP contribution in [0.1, 0.15) is 5.56 Å². The van der Waals surface area contributed by atoms with Crippen LogP contribution < -0.4 is 0 Å². The first kappa shape index (κ1) is 20.9. The van der Waals surface area contributed by atoms with E-state index in [9.17, 15) is 5.11 Å². The van der Waals surface area contributed by atoms with Crippen molar-refractivity contribution in [2.24, 2.45) is 0 Å². The first-order chi connectivity index (χ1) is 15.2. The van der Waals surface area contributed by atoms with Crippen LogP contribution in [0.15, 0.2) is 72.8 Å². The molecule has 4 nitrogen and oxygen atoms in total. The van der Waals surface area contributed by atoms with Gasteiger partial charge in [-0.3, -0.25) is 9.80 Å². The third-order valence-electron chi connectivity index (χ3n) is 6.31. The van der Waals surface area contributed by atoms with E-state index in [1.165, 1.54) is 30.9 Å². The molecule has 160 valence electrons. The molecule has 0 amide bonds. The molecule has 1 N–H and O–H groups in total. The van der Waals surface area contributed by atoms with Gasteiger partial charge in [0, 0.05) is 64.6 Å². The normalized spacial score (nSPS) is 16.8. The Balaban J connectivity index is 1.24. The maximum atomic E-state index is 11.0. The summed E-state index contributed by atoms with van der Waals surface area (Å²) in [7, 11) is 0. The highest BCUT2D eigenvalue weighted by Crippen LogP contribution is 2.30. The summed E-state index contributed by atoms with van der Waals surface area (Å²) in [6.07, 6.45) is -0.390. The Bertz CT molecular complexity index is 1170. The van der Waals surface area contributed by atoms with Gasteiger partial charge in [0.05, 0.1) is 12.6 Å². The molecule has 0 radical (unpaired) electrons. The van der Waals surface area contributed by atoms with Crippen molar-refractivity contribution in [2.45, 2.75) is 19.2 Å². The van der Waals surface area contributed by atoms with Crippen LogP contribution in [0.3, 0.4) is 0 Å². The van der Waals surface area contributed by atoms with Gasteiger partial charge in [-0.15, -0.1) is 0 Å². The predicted octanol–water partition coefficient (Wildman–Crippen LogP) is 4.58. The van der Waals surface area contributed by atoms with Gasteiger partial charge >= 0.3 is 0 Å². The summed E-state index contributed by atoms with van der Waals surface area (Å²) < 4.78 is 3.53. The predicted molar refractivity (Wildman–Crippen MR) is 136 cm³/mol. The lowest BCUT2D eigenvalue weighted by Crippen LogP contribution is -2.48. The van der Waals surface area contributed by atoms with E-state index in [1.807, 2.05) is 0 Å². The third-order valence-corrected chi connectivity index (χ3v) is 6.98. The fourth-order valence-corrected chi connectivity index (χ4v) is 5.25. The van der Waals surface area contributed by atoms with Gasteiger partial charge in [-0.1, -0.05) is 48.5 Å². The van der Waals surface area contributed by atoms with Crippen LogP contribution >= 0.6 is 22.6 Å². The molecule has 0 saturated carbocycles. The summed E-state index contributed by atoms with van der Waals surface area (Å²) in [5.74, 6) is 0. The van der Waals surface area contributed by atoms with E-state index in [0.29, 0.717) is 6.54 Å². The number of benzene rings is 3. The van der Waals surface area contributed by atoms with Crippen LogP contribution in [-0.2, 0) is 13.1 Å². The molecule has 5 heteroatoms. The van der Waals surface area contributed by atoms with Crippen LogP contribution in [0.25, 0.3) is 21.8 Å². The number of hydrogen-bond acceptors (Lipinski definition) is 3. The van der Waals surface area contributed by atoms with E-state index in [4.69, 9.17) is 0 Å². The number of hydrogen-bond donors (Lipinski definition) is 1. The molecule has 0 unspecified atom stereocenters. The molecule has 0 aliphatic carbocycles. The number of piperazine rings is 1. The Morgan fingerprint density at radius 3 is 2.23 bits per heavy atom. The van der Waals surface area contributed by atoms with Gasteiger partial charge in [-0.2, -0.15) is 0 Å². The SMILES string of the molecule is O[C@H](CN1CCN(Cc2ccccc2)CC1)Cn1c2ccccc2c2cc(I)ccc21. The van der Waals surface area contributed by atoms with Crippen molar-refractivity contribution in [3.63, 3.8) is 0 Å². The number of para-hydroxylation sites is 1. The first-order valence-electron chi connectivity index (χ1n) is 11.0. The molecule has 1 saturated heterocycles. The standard InChI is InChI=1S/C26H28IN3O/c27-21-10-11-26-24(16-21)23-8-4-5-9-25(23)30(26)19-22(31)18-29-14-12-28(13-15-29)17-20-6-2-1-3-7-20/h1-11,16,22,31H,12-15,17-19H2/t22-/m1/s1. The van der Waals surface area contributed by atoms with Crippen molar-refractivity contribution in [3.05, 3.63) is 81.9 Å². The van der Waals surface area contributed by atoms with Crippen LogP contribution in [0.5, 0.6) is 0 Å². The van der Waals surface area contributed by atoms with E-state index in [0.717, 1.165) is 39.3 Å². The third kappa shape index (κ3) is 4.65. The van der Waals surface area contributed by atoms with Gasteiger partial charge in [0.2, 0.25) is 0 Å². The molecule has 1 aromatic heterocycles. The molecular formula is C26H28IN3O. The fraction of sp³-hybridized carbons (Fsp3) is 0.308. The number of aromatic nitrogens is 1. The van der Waals surface area contributed by atoms with Crippen molar-refractivity contribution in [1.82, 2.24) is 14.4 Å². The molecule has 3 aromatic carbocycles. The Labute approximate surface area is 197 Å². The zero-order valence-electron chi connectivity index (χ0n) is 17.6. The van der Waals surface area contributed by atoms with E-state index in [1.54, 1.807) is 0 Å². The van der Waals surface area contributed by atoms with Crippen molar-refractivity contribution in [1.29, 1.82) is 0 Å². The van der Waals surface area contributed by atoms with Gasteiger partial charge in [0.1, 0.15) is 0 Å². The fourth-order valence-electron chi connectivity index (χ4n) is 4.76. The Hall–Kier alpha value is -1.93. The molecule has 0 bridgehead atoms. The number of aliphatic hydroxyl groups excluding tert-OH is 1. The molecule has 1 aliphatic heterocycles. The average molecular weight is 525 g/mol. The van der Waals surface area contributed by atoms with Gasteiger partial charge in [-0.25, -0.2) is 0 Å². The summed E-state index contributed by atoms with van der Waals surface area (Å²) >= 11 is 2.37. The maximum absolute atomic E-state index is 11.0. The number of halogens is 1. The molecule has 1 atom stereocenters. The van der Waals surface area contributed by atoms with E-state index < -0.39 is 0 Å². The van der Waals surface area contributed by atoms with Crippen molar-refractivity contribution in [3.8, 4) is 0 Å². The first-order valence-corrected chi connectivity index (χ1v) is 12.1. The highest BCUT2D eigenvalue weighted by molar-refractivity contribution is 14.1. The van der Waals surface area contributed by atoms with Crippen LogP contribution in [0, 0.1) is 3.57 Å². The largest absolute Gasteiger partial charge is 0.390 e. The lowest BCUT2D eigenvalue weighted by atomic mass is 10.2. The maximum Gasteiger partial charge on any atom is 0.0845 e. The van der Waals surface area contributed by atoms with Crippen molar-refractivity contribution in [2.75, 3.05) is 32.7 Å². The molecular weight excluding hydrogens is 497 g/mol. The van der Waals surface area contributed by atoms with Gasteiger partial charge in [0.25, 0.3) is 0 Å². The second-order valence-electron chi connectivity index (χ2n) is 8.51. The Kier molecular flexibility index (Phi) is 6.27. The zero-order valence-corrected chi connectivity index (χ0v) is 19.8. The molecule has 5 rings (SSSR count). The number of β-amino-alcohol motifs (C(OH)–C–C–N with tert-alkyl or cyclic N) is 1. The minimum Gasteiger partial charge on any atom is -0.390 e. The number of rotatable bonds is 6. The van der Waals surface area contributed by atoms with Gasteiger partial charge < -0.3 is 9.67 Å². The van der Waals surface area contributed by atoms with Gasteiger partial charge in [0.15, 0.2) is 0 Å². The lowest BCUT2D eigenvalue weighted by Gasteiger charge is -2.35. The second-order valence-corrected chi connectivity index (χ2v) is 9.75. The van der Waals surface area contributed by atoms with E-state index >= 15 is 0 Å². The molecule has 1 aliphatic rings. The van der Waals surface area contributed by atoms with E-state index in [2.05, 4.69) is 110 Å².